The van der Waals surface area contributed by atoms with Crippen LogP contribution in [0.3, 0.4) is 0 Å². The third kappa shape index (κ3) is 3.66. The summed E-state index contributed by atoms with van der Waals surface area (Å²) < 4.78 is 28.5. The number of hydrogen-bond acceptors (Lipinski definition) is 2. The Labute approximate surface area is 154 Å². The third-order valence-corrected chi connectivity index (χ3v) is 6.95. The maximum Gasteiger partial charge on any atom is 0.259 e. The van der Waals surface area contributed by atoms with Crippen molar-refractivity contribution in [1.82, 2.24) is 4.31 Å². The highest BCUT2D eigenvalue weighted by Gasteiger charge is 2.26. The Morgan fingerprint density at radius 2 is 1.69 bits per heavy atom. The third-order valence-electron chi connectivity index (χ3n) is 4.71. The molecule has 4 nitrogen and oxygen atoms in total. The van der Waals surface area contributed by atoms with Gasteiger partial charge >= 0.3 is 0 Å². The van der Waals surface area contributed by atoms with Crippen LogP contribution in [0.15, 0.2) is 53.4 Å². The van der Waals surface area contributed by atoms with Crippen LogP contribution in [0.4, 0.5) is 10.1 Å². The fourth-order valence-electron chi connectivity index (χ4n) is 3.18. The van der Waals surface area contributed by atoms with Crippen LogP contribution in [0.25, 0.3) is 0 Å². The summed E-state index contributed by atoms with van der Waals surface area (Å²) in [6.07, 6.45) is 3.09. The standard InChI is InChI=1S/C20H23FN2O2S/c1-22(17-12-10-16(21)11-13-17)20(24)18-8-4-5-9-19(18)26(2,25)23-14-6-3-7-15-23/h4-5,8-13H,2-3,6-7,14-15H2,1H3. The van der Waals surface area contributed by atoms with Gasteiger partial charge in [-0.1, -0.05) is 18.6 Å². The Morgan fingerprint density at radius 3 is 2.35 bits per heavy atom. The zero-order chi connectivity index (χ0) is 18.7. The first-order valence-corrected chi connectivity index (χ1v) is 10.3. The van der Waals surface area contributed by atoms with Crippen molar-refractivity contribution in [2.75, 3.05) is 25.0 Å². The van der Waals surface area contributed by atoms with E-state index in [1.165, 1.54) is 17.0 Å². The Balaban J connectivity index is 1.96. The molecule has 1 aliphatic heterocycles. The molecular formula is C20H23FN2O2S. The summed E-state index contributed by atoms with van der Waals surface area (Å²) in [5, 5.41) is 0. The molecule has 0 N–H and O–H groups in total. The van der Waals surface area contributed by atoms with Gasteiger partial charge in [0.15, 0.2) is 0 Å². The molecule has 0 radical (unpaired) electrons. The van der Waals surface area contributed by atoms with Crippen molar-refractivity contribution >= 4 is 27.2 Å². The van der Waals surface area contributed by atoms with E-state index in [0.717, 1.165) is 32.4 Å². The molecule has 0 aliphatic carbocycles. The zero-order valence-corrected chi connectivity index (χ0v) is 15.7. The normalized spacial score (nSPS) is 17.5. The highest BCUT2D eigenvalue weighted by molar-refractivity contribution is 7.98. The van der Waals surface area contributed by atoms with Gasteiger partial charge in [-0.25, -0.2) is 12.9 Å². The van der Waals surface area contributed by atoms with Gasteiger partial charge in [0.1, 0.15) is 5.82 Å². The van der Waals surface area contributed by atoms with Crippen LogP contribution >= 0.6 is 0 Å². The first-order valence-electron chi connectivity index (χ1n) is 8.66. The van der Waals surface area contributed by atoms with Gasteiger partial charge in [0.25, 0.3) is 5.91 Å². The van der Waals surface area contributed by atoms with Crippen LogP contribution in [0.2, 0.25) is 0 Å². The van der Waals surface area contributed by atoms with Gasteiger partial charge in [-0.05, 0) is 55.1 Å². The lowest BCUT2D eigenvalue weighted by atomic mass is 10.2. The number of carbonyl (C=O) groups excluding carboxylic acids is 1. The Hall–Kier alpha value is -2.18. The number of amides is 1. The topological polar surface area (TPSA) is 40.6 Å². The van der Waals surface area contributed by atoms with Crippen LogP contribution in [-0.2, 0) is 9.71 Å². The molecule has 1 heterocycles. The number of nitrogens with zero attached hydrogens (tertiary/aromatic N) is 2. The maximum absolute atomic E-state index is 13.5. The van der Waals surface area contributed by atoms with Crippen LogP contribution in [0.5, 0.6) is 0 Å². The van der Waals surface area contributed by atoms with Gasteiger partial charge in [-0.2, -0.15) is 0 Å². The van der Waals surface area contributed by atoms with E-state index in [1.807, 2.05) is 4.31 Å². The molecule has 1 atom stereocenters. The highest BCUT2D eigenvalue weighted by atomic mass is 32.2. The quantitative estimate of drug-likeness (QED) is 0.768. The molecule has 1 amide bonds. The van der Waals surface area contributed by atoms with Crippen molar-refractivity contribution in [1.29, 1.82) is 0 Å². The number of carbonyl (C=O) groups is 1. The van der Waals surface area contributed by atoms with E-state index < -0.39 is 9.71 Å². The molecule has 138 valence electrons. The first kappa shape index (κ1) is 18.6. The summed E-state index contributed by atoms with van der Waals surface area (Å²) in [7, 11) is -1.11. The van der Waals surface area contributed by atoms with Crippen molar-refractivity contribution in [2.24, 2.45) is 0 Å². The largest absolute Gasteiger partial charge is 0.311 e. The van der Waals surface area contributed by atoms with E-state index in [1.54, 1.807) is 43.4 Å². The second-order valence-electron chi connectivity index (χ2n) is 6.47. The van der Waals surface area contributed by atoms with Crippen LogP contribution < -0.4 is 4.90 Å². The van der Waals surface area contributed by atoms with Crippen molar-refractivity contribution in [2.45, 2.75) is 24.2 Å². The summed E-state index contributed by atoms with van der Waals surface area (Å²) in [5.74, 6) is 3.33. The fraction of sp³-hybridized carbons (Fsp3) is 0.300. The lowest BCUT2D eigenvalue weighted by molar-refractivity contribution is 0.0990. The van der Waals surface area contributed by atoms with Crippen molar-refractivity contribution in [3.05, 3.63) is 59.9 Å². The summed E-state index contributed by atoms with van der Waals surface area (Å²) in [5.41, 5.74) is 0.935. The van der Waals surface area contributed by atoms with E-state index in [0.29, 0.717) is 16.1 Å². The molecule has 6 heteroatoms. The smallest absolute Gasteiger partial charge is 0.259 e. The fourth-order valence-corrected chi connectivity index (χ4v) is 5.10. The molecule has 0 spiro atoms. The number of piperidine rings is 1. The number of hydrogen-bond donors (Lipinski definition) is 0. The first-order chi connectivity index (χ1) is 12.4. The maximum atomic E-state index is 13.5. The molecule has 1 unspecified atom stereocenters. The minimum Gasteiger partial charge on any atom is -0.311 e. The Morgan fingerprint density at radius 1 is 1.08 bits per heavy atom. The number of halogens is 1. The predicted molar refractivity (Wildman–Crippen MR) is 105 cm³/mol. The number of anilines is 1. The monoisotopic (exact) mass is 374 g/mol. The van der Waals surface area contributed by atoms with E-state index in [4.69, 9.17) is 0 Å². The predicted octanol–water partition coefficient (Wildman–Crippen LogP) is 3.58. The summed E-state index contributed by atoms with van der Waals surface area (Å²) in [6.45, 7) is 1.44. The molecule has 0 bridgehead atoms. The minimum atomic E-state index is -2.73. The van der Waals surface area contributed by atoms with E-state index in [9.17, 15) is 13.4 Å². The molecule has 0 aromatic heterocycles. The lowest BCUT2D eigenvalue weighted by Crippen LogP contribution is -2.37. The van der Waals surface area contributed by atoms with Crippen molar-refractivity contribution in [3.8, 4) is 0 Å². The molecular weight excluding hydrogens is 351 g/mol. The molecule has 1 aliphatic rings. The second-order valence-corrected chi connectivity index (χ2v) is 8.70. The average molecular weight is 374 g/mol. The van der Waals surface area contributed by atoms with E-state index >= 15 is 0 Å². The van der Waals surface area contributed by atoms with Crippen LogP contribution in [0, 0.1) is 5.82 Å². The van der Waals surface area contributed by atoms with Crippen LogP contribution in [0.1, 0.15) is 29.6 Å². The average Bonchev–Trinajstić information content (AvgIpc) is 2.68. The summed E-state index contributed by atoms with van der Waals surface area (Å²) >= 11 is 0. The molecule has 0 saturated carbocycles. The van der Waals surface area contributed by atoms with Gasteiger partial charge in [0.2, 0.25) is 0 Å². The van der Waals surface area contributed by atoms with Gasteiger partial charge in [0.05, 0.1) is 20.2 Å². The van der Waals surface area contributed by atoms with Gasteiger partial charge in [-0.3, -0.25) is 4.79 Å². The molecule has 3 rings (SSSR count). The molecule has 26 heavy (non-hydrogen) atoms. The molecule has 2 aromatic carbocycles. The van der Waals surface area contributed by atoms with Crippen molar-refractivity contribution < 1.29 is 13.4 Å². The molecule has 1 fully saturated rings. The number of rotatable bonds is 4. The SMILES string of the molecule is C=S(=O)(c1ccccc1C(=O)N(C)c1ccc(F)cc1)N1CCCCC1. The lowest BCUT2D eigenvalue weighted by Gasteiger charge is -2.31. The summed E-state index contributed by atoms with van der Waals surface area (Å²) in [4.78, 5) is 14.9. The minimum absolute atomic E-state index is 0.291. The van der Waals surface area contributed by atoms with Crippen LogP contribution in [-0.4, -0.2) is 40.4 Å². The zero-order valence-electron chi connectivity index (χ0n) is 14.9. The van der Waals surface area contributed by atoms with Gasteiger partial charge < -0.3 is 4.90 Å². The van der Waals surface area contributed by atoms with E-state index in [2.05, 4.69) is 5.87 Å². The second kappa shape index (κ2) is 7.60. The van der Waals surface area contributed by atoms with E-state index in [-0.39, 0.29) is 11.7 Å². The number of benzene rings is 2. The Bertz CT molecular complexity index is 888. The molecule has 2 aromatic rings. The summed E-state index contributed by atoms with van der Waals surface area (Å²) in [6, 6.07) is 12.6. The highest BCUT2D eigenvalue weighted by Crippen LogP contribution is 2.25. The van der Waals surface area contributed by atoms with Gasteiger partial charge in [-0.15, -0.1) is 0 Å². The van der Waals surface area contributed by atoms with Crippen molar-refractivity contribution in [3.63, 3.8) is 0 Å². The van der Waals surface area contributed by atoms with Gasteiger partial charge in [0, 0.05) is 25.8 Å². The Kier molecular flexibility index (Phi) is 5.44. The molecule has 1 saturated heterocycles.